The molecule has 6 rings (SSSR count). The second kappa shape index (κ2) is 11.4. The molecular formula is C34H31N5. The third-order valence-electron chi connectivity index (χ3n) is 7.05. The highest BCUT2D eigenvalue weighted by Crippen LogP contribution is 2.32. The van der Waals surface area contributed by atoms with E-state index >= 15 is 0 Å². The van der Waals surface area contributed by atoms with Crippen LogP contribution in [0.5, 0.6) is 0 Å². The number of aromatic nitrogens is 2. The molecule has 0 saturated carbocycles. The average Bonchev–Trinajstić information content (AvgIpc) is 2.97. The molecular weight excluding hydrogens is 478 g/mol. The van der Waals surface area contributed by atoms with Crippen molar-refractivity contribution >= 4 is 11.4 Å². The first-order valence-corrected chi connectivity index (χ1v) is 13.4. The fourth-order valence-corrected chi connectivity index (χ4v) is 5.13. The van der Waals surface area contributed by atoms with Crippen LogP contribution in [0.25, 0.3) is 0 Å². The summed E-state index contributed by atoms with van der Waals surface area (Å²) in [5, 5.41) is 1.79. The quantitative estimate of drug-likeness (QED) is 0.262. The summed E-state index contributed by atoms with van der Waals surface area (Å²) < 4.78 is 0. The fourth-order valence-electron chi connectivity index (χ4n) is 5.13. The van der Waals surface area contributed by atoms with Crippen LogP contribution < -0.4 is 10.9 Å². The minimum Gasteiger partial charge on any atom is -0.282 e. The van der Waals surface area contributed by atoms with Crippen LogP contribution in [0, 0.1) is 0 Å². The molecule has 1 aliphatic rings. The van der Waals surface area contributed by atoms with Crippen molar-refractivity contribution in [2.75, 3.05) is 5.01 Å². The Kier molecular flexibility index (Phi) is 7.23. The van der Waals surface area contributed by atoms with Crippen LogP contribution in [0.3, 0.4) is 0 Å². The molecule has 39 heavy (non-hydrogen) atoms. The molecule has 0 radical (unpaired) electrons. The second-order valence-corrected chi connectivity index (χ2v) is 9.92. The SMILES string of the molecule is NN1c2c(Cc3ccccc3)nc(Cc3ccccc3)nc2C(Cc2ccccc2)=NC1Cc1ccccc1. The predicted octanol–water partition coefficient (Wildman–Crippen LogP) is 5.95. The number of aliphatic imine (C=N–C) groups is 1. The predicted molar refractivity (Wildman–Crippen MR) is 158 cm³/mol. The maximum Gasteiger partial charge on any atom is 0.139 e. The van der Waals surface area contributed by atoms with Gasteiger partial charge in [-0.15, -0.1) is 0 Å². The molecule has 0 saturated heterocycles. The maximum atomic E-state index is 6.90. The van der Waals surface area contributed by atoms with Crippen molar-refractivity contribution in [3.8, 4) is 0 Å². The van der Waals surface area contributed by atoms with Gasteiger partial charge in [-0.05, 0) is 22.3 Å². The normalized spacial score (nSPS) is 14.5. The van der Waals surface area contributed by atoms with Gasteiger partial charge in [-0.25, -0.2) is 15.8 Å². The molecule has 0 aliphatic carbocycles. The molecule has 1 unspecified atom stereocenters. The summed E-state index contributed by atoms with van der Waals surface area (Å²) in [6.45, 7) is 0. The van der Waals surface area contributed by atoms with Crippen molar-refractivity contribution in [1.82, 2.24) is 9.97 Å². The van der Waals surface area contributed by atoms with Gasteiger partial charge in [0.05, 0.1) is 11.4 Å². The molecule has 0 bridgehead atoms. The number of rotatable bonds is 8. The largest absolute Gasteiger partial charge is 0.282 e. The first-order valence-electron chi connectivity index (χ1n) is 13.4. The van der Waals surface area contributed by atoms with E-state index in [9.17, 15) is 0 Å². The molecule has 5 nitrogen and oxygen atoms in total. The van der Waals surface area contributed by atoms with E-state index < -0.39 is 0 Å². The minimum absolute atomic E-state index is 0.253. The lowest BCUT2D eigenvalue weighted by Crippen LogP contribution is -2.47. The van der Waals surface area contributed by atoms with E-state index in [4.69, 9.17) is 20.8 Å². The van der Waals surface area contributed by atoms with Gasteiger partial charge in [-0.2, -0.15) is 0 Å². The Morgan fingerprint density at radius 1 is 0.564 bits per heavy atom. The lowest BCUT2D eigenvalue weighted by atomic mass is 9.98. The average molecular weight is 510 g/mol. The van der Waals surface area contributed by atoms with Crippen LogP contribution in [-0.4, -0.2) is 21.8 Å². The molecule has 2 heterocycles. The van der Waals surface area contributed by atoms with E-state index in [1.54, 1.807) is 5.01 Å². The zero-order valence-electron chi connectivity index (χ0n) is 21.8. The van der Waals surface area contributed by atoms with Gasteiger partial charge < -0.3 is 0 Å². The van der Waals surface area contributed by atoms with Gasteiger partial charge in [-0.1, -0.05) is 121 Å². The van der Waals surface area contributed by atoms with E-state index in [1.807, 2.05) is 24.3 Å². The standard InChI is InChI=1S/C34H31N5/c35-39-32(24-28-19-11-4-12-20-28)37-29(21-25-13-5-1-6-14-25)33-34(39)30(22-26-15-7-2-8-16-26)36-31(38-33)23-27-17-9-3-10-18-27/h1-20,32H,21-24,35H2. The number of fused-ring (bicyclic) bond motifs is 1. The van der Waals surface area contributed by atoms with Crippen molar-refractivity contribution in [1.29, 1.82) is 0 Å². The van der Waals surface area contributed by atoms with Gasteiger partial charge >= 0.3 is 0 Å². The number of anilines is 1. The fraction of sp³-hybridized carbons (Fsp3) is 0.147. The molecule has 1 atom stereocenters. The number of benzene rings is 4. The number of hydrogen-bond acceptors (Lipinski definition) is 5. The van der Waals surface area contributed by atoms with Gasteiger partial charge in [0.15, 0.2) is 0 Å². The van der Waals surface area contributed by atoms with E-state index in [0.717, 1.165) is 28.6 Å². The van der Waals surface area contributed by atoms with Crippen molar-refractivity contribution in [2.45, 2.75) is 31.8 Å². The lowest BCUT2D eigenvalue weighted by Gasteiger charge is -2.34. The van der Waals surface area contributed by atoms with Crippen molar-refractivity contribution in [2.24, 2.45) is 10.8 Å². The van der Waals surface area contributed by atoms with Crippen LogP contribution in [0.1, 0.15) is 39.5 Å². The number of hydrazine groups is 1. The van der Waals surface area contributed by atoms with Gasteiger partial charge in [0.1, 0.15) is 23.4 Å². The van der Waals surface area contributed by atoms with Gasteiger partial charge in [0.2, 0.25) is 0 Å². The number of nitrogens with two attached hydrogens (primary N) is 1. The number of hydrogen-bond donors (Lipinski definition) is 1. The molecule has 0 amide bonds. The van der Waals surface area contributed by atoms with Crippen LogP contribution in [0.15, 0.2) is 126 Å². The van der Waals surface area contributed by atoms with Crippen molar-refractivity contribution < 1.29 is 0 Å². The van der Waals surface area contributed by atoms with Gasteiger partial charge in [0.25, 0.3) is 0 Å². The molecule has 2 N–H and O–H groups in total. The molecule has 0 spiro atoms. The highest BCUT2D eigenvalue weighted by Gasteiger charge is 2.31. The molecule has 0 fully saturated rings. The van der Waals surface area contributed by atoms with Crippen LogP contribution >= 0.6 is 0 Å². The summed E-state index contributed by atoms with van der Waals surface area (Å²) in [5.74, 6) is 7.68. The Labute approximate surface area is 229 Å². The zero-order valence-corrected chi connectivity index (χ0v) is 21.8. The Balaban J connectivity index is 1.47. The van der Waals surface area contributed by atoms with Crippen molar-refractivity contribution in [3.05, 3.63) is 161 Å². The smallest absolute Gasteiger partial charge is 0.139 e. The summed E-state index contributed by atoms with van der Waals surface area (Å²) in [6, 6.07) is 41.6. The van der Waals surface area contributed by atoms with Crippen LogP contribution in [-0.2, 0) is 25.7 Å². The highest BCUT2D eigenvalue weighted by molar-refractivity contribution is 6.06. The van der Waals surface area contributed by atoms with Crippen LogP contribution in [0.2, 0.25) is 0 Å². The third kappa shape index (κ3) is 5.79. The zero-order chi connectivity index (χ0) is 26.4. The Bertz CT molecular complexity index is 1550. The Hall–Kier alpha value is -4.61. The summed E-state index contributed by atoms with van der Waals surface area (Å²) in [6.07, 6.45) is 2.44. The minimum atomic E-state index is -0.253. The summed E-state index contributed by atoms with van der Waals surface area (Å²) in [4.78, 5) is 15.5. The van der Waals surface area contributed by atoms with E-state index in [2.05, 4.69) is 97.1 Å². The topological polar surface area (TPSA) is 67.4 Å². The maximum absolute atomic E-state index is 6.90. The third-order valence-corrected chi connectivity index (χ3v) is 7.05. The lowest BCUT2D eigenvalue weighted by molar-refractivity contribution is 0.608. The van der Waals surface area contributed by atoms with E-state index in [0.29, 0.717) is 25.7 Å². The molecule has 4 aromatic carbocycles. The molecule has 1 aliphatic heterocycles. The first kappa shape index (κ1) is 24.7. The monoisotopic (exact) mass is 509 g/mol. The summed E-state index contributed by atoms with van der Waals surface area (Å²) in [5.41, 5.74) is 8.32. The van der Waals surface area contributed by atoms with Crippen LogP contribution in [0.4, 0.5) is 5.69 Å². The Morgan fingerprint density at radius 3 is 1.62 bits per heavy atom. The second-order valence-electron chi connectivity index (χ2n) is 9.92. The molecule has 5 aromatic rings. The molecule has 192 valence electrons. The highest BCUT2D eigenvalue weighted by atomic mass is 15.5. The Morgan fingerprint density at radius 2 is 1.05 bits per heavy atom. The number of nitrogens with zero attached hydrogens (tertiary/aromatic N) is 4. The van der Waals surface area contributed by atoms with Gasteiger partial charge in [0, 0.05) is 25.7 Å². The molecule has 5 heteroatoms. The molecule has 1 aromatic heterocycles. The van der Waals surface area contributed by atoms with E-state index in [-0.39, 0.29) is 6.17 Å². The van der Waals surface area contributed by atoms with Gasteiger partial charge in [-0.3, -0.25) is 10.0 Å². The summed E-state index contributed by atoms with van der Waals surface area (Å²) in [7, 11) is 0. The van der Waals surface area contributed by atoms with Crippen molar-refractivity contribution in [3.63, 3.8) is 0 Å². The summed E-state index contributed by atoms with van der Waals surface area (Å²) >= 11 is 0. The van der Waals surface area contributed by atoms with E-state index in [1.165, 1.54) is 22.3 Å². The first-order chi connectivity index (χ1) is 19.2.